The lowest BCUT2D eigenvalue weighted by molar-refractivity contribution is 1.10. The van der Waals surface area contributed by atoms with E-state index in [1.165, 1.54) is 0 Å². The average molecular weight is 1810 g/mol. The Morgan fingerprint density at radius 1 is 0.169 bits per heavy atom. The summed E-state index contributed by atoms with van der Waals surface area (Å²) in [6.07, 6.45) is 7.46. The summed E-state index contributed by atoms with van der Waals surface area (Å²) < 4.78 is 13.7. The first kappa shape index (κ1) is 80.8. The first-order valence-corrected chi connectivity index (χ1v) is 47.8. The fraction of sp³-hybridized carbons (Fsp3) is 0. The Bertz CT molecular complexity index is 9880. The van der Waals surface area contributed by atoms with Gasteiger partial charge in [-0.2, -0.15) is 10.5 Å². The quantitative estimate of drug-likeness (QED) is 0.101. The standard InChI is InChI=1S/C130H78N12/c131-79-110-122(139-112-45-18-16-42-101(112)104-69-89(49-55-114(104)139)81-26-6-1-7-27-81)75-97(76-123(110)140-113-46-19-17-43-102(113)105-70-90(50-56-115(105)140)82-28-8-2-9-29-82)88-38-22-41-99(68-88)138-129-103(44-23-64-135-129)126-100(61-65-136-130(126)138)95-39-20-36-86(66-95)94-54-60-119-109(74-94)108-73-93(85-34-14-5-15-35-85)53-59-118(108)142(119)125-78-96(87-37-21-40-98(67-87)137-120-47-24-62-133-127(120)128-121(137)48-25-63-134-128)77-124(111(125)80-132)141-116-57-51-91(83-30-10-3-11-31-83)71-106(116)107-72-92(52-58-117(107)141)84-32-12-4-13-33-84/h1-78H. The van der Waals surface area contributed by atoms with Gasteiger partial charge in [0.2, 0.25) is 0 Å². The Labute approximate surface area is 814 Å². The van der Waals surface area contributed by atoms with Gasteiger partial charge in [0.15, 0.2) is 0 Å². The molecule has 142 heavy (non-hydrogen) atoms. The van der Waals surface area contributed by atoms with Crippen molar-refractivity contribution in [2.24, 2.45) is 0 Å². The molecule has 0 fully saturated rings. The third-order valence-corrected chi connectivity index (χ3v) is 28.9. The van der Waals surface area contributed by atoms with Crippen LogP contribution in [0.5, 0.6) is 0 Å². The molecule has 0 bridgehead atoms. The second kappa shape index (κ2) is 32.6. The highest BCUT2D eigenvalue weighted by Gasteiger charge is 2.30. The minimum atomic E-state index is 0.506. The SMILES string of the molecule is N#Cc1c(-n2c3ccccc3c3cc(-c4ccccc4)ccc32)cc(-c2cccc(-n3c4ncccc4c4c(-c5cccc(-c6ccc7c(c6)c6cc(-c8ccccc8)ccc6n7-c6cc(-c7cccc(-n8c9cccnc9c9ncccc98)c7)cc(-n7c8ccc(-c9ccccc9)cc8c8cc(-c9ccccc9)ccc87)c6C#N)c5)ccnc43)c2)cc1-n1c2ccccc2c2cc(-c3ccccc3)ccc21. The van der Waals surface area contributed by atoms with Gasteiger partial charge in [-0.05, 0) is 282 Å². The number of aromatic nitrogens is 10. The molecule has 0 aliphatic heterocycles. The number of nitrogens with zero attached hydrogens (tertiary/aromatic N) is 12. The molecule has 0 N–H and O–H groups in total. The molecule has 0 unspecified atom stereocenters. The van der Waals surface area contributed by atoms with Crippen LogP contribution in [0.4, 0.5) is 0 Å². The van der Waals surface area contributed by atoms with Crippen molar-refractivity contribution in [2.75, 3.05) is 0 Å². The van der Waals surface area contributed by atoms with E-state index in [0.29, 0.717) is 11.1 Å². The molecule has 0 spiro atoms. The predicted molar refractivity (Wildman–Crippen MR) is 582 cm³/mol. The minimum absolute atomic E-state index is 0.506. The monoisotopic (exact) mass is 1810 g/mol. The summed E-state index contributed by atoms with van der Waals surface area (Å²) in [4.78, 5) is 20.4. The average Bonchev–Trinajstić information content (AvgIpc) is 1.56. The summed E-state index contributed by atoms with van der Waals surface area (Å²) in [5.74, 6) is 0. The van der Waals surface area contributed by atoms with Gasteiger partial charge >= 0.3 is 0 Å². The van der Waals surface area contributed by atoms with Crippen LogP contribution >= 0.6 is 0 Å². The van der Waals surface area contributed by atoms with Crippen LogP contribution in [0.1, 0.15) is 11.1 Å². The van der Waals surface area contributed by atoms with Gasteiger partial charge in [0, 0.05) is 90.0 Å². The zero-order chi connectivity index (χ0) is 93.7. The maximum Gasteiger partial charge on any atom is 0.147 e. The molecule has 12 heteroatoms. The second-order valence-electron chi connectivity index (χ2n) is 36.6. The van der Waals surface area contributed by atoms with E-state index in [-0.39, 0.29) is 0 Å². The lowest BCUT2D eigenvalue weighted by Crippen LogP contribution is -2.05. The number of fused-ring (bicyclic) bond motifs is 18. The molecule has 0 atom stereocenters. The summed E-state index contributed by atoms with van der Waals surface area (Å²) in [7, 11) is 0. The van der Waals surface area contributed by atoms with Crippen molar-refractivity contribution in [2.45, 2.75) is 0 Å². The molecule has 0 amide bonds. The number of para-hydroxylation sites is 2. The van der Waals surface area contributed by atoms with Crippen molar-refractivity contribution in [3.63, 3.8) is 0 Å². The van der Waals surface area contributed by atoms with E-state index in [2.05, 4.69) is 470 Å². The molecule has 10 aromatic heterocycles. The Hall–Kier alpha value is -19.7. The molecule has 12 nitrogen and oxygen atoms in total. The fourth-order valence-electron chi connectivity index (χ4n) is 22.4. The van der Waals surface area contributed by atoms with Gasteiger partial charge in [-0.3, -0.25) is 14.5 Å². The van der Waals surface area contributed by atoms with E-state index in [1.54, 1.807) is 0 Å². The van der Waals surface area contributed by atoms with Gasteiger partial charge < -0.3 is 22.8 Å². The summed E-state index contributed by atoms with van der Waals surface area (Å²) in [5, 5.41) is 35.2. The Morgan fingerprint density at radius 2 is 0.451 bits per heavy atom. The summed E-state index contributed by atoms with van der Waals surface area (Å²) in [5.41, 5.74) is 37.5. The Morgan fingerprint density at radius 3 is 0.838 bits per heavy atom. The molecule has 28 rings (SSSR count). The summed E-state index contributed by atoms with van der Waals surface area (Å²) in [6.45, 7) is 0. The fourth-order valence-corrected chi connectivity index (χ4v) is 22.4. The zero-order valence-corrected chi connectivity index (χ0v) is 76.4. The van der Waals surface area contributed by atoms with Crippen molar-refractivity contribution in [3.05, 3.63) is 485 Å². The zero-order valence-electron chi connectivity index (χ0n) is 76.4. The summed E-state index contributed by atoms with van der Waals surface area (Å²) >= 11 is 0. The maximum atomic E-state index is 12.6. The first-order chi connectivity index (χ1) is 70.3. The normalized spacial score (nSPS) is 11.8. The Balaban J connectivity index is 0.613. The van der Waals surface area contributed by atoms with E-state index < -0.39 is 0 Å². The molecule has 0 saturated heterocycles. The van der Waals surface area contributed by atoms with Crippen LogP contribution in [-0.2, 0) is 0 Å². The molecule has 0 aliphatic rings. The van der Waals surface area contributed by atoms with Crippen LogP contribution in [0.2, 0.25) is 0 Å². The number of pyridine rings is 4. The number of hydrogen-bond acceptors (Lipinski definition) is 6. The highest BCUT2D eigenvalue weighted by Crippen LogP contribution is 2.49. The molecule has 18 aromatic carbocycles. The third-order valence-electron chi connectivity index (χ3n) is 28.9. The van der Waals surface area contributed by atoms with Crippen molar-refractivity contribution < 1.29 is 0 Å². The van der Waals surface area contributed by atoms with Gasteiger partial charge in [-0.15, -0.1) is 0 Å². The van der Waals surface area contributed by atoms with Crippen molar-refractivity contribution in [1.29, 1.82) is 10.5 Å². The molecule has 0 saturated carbocycles. The molecular weight excluding hydrogens is 1730 g/mol. The lowest BCUT2D eigenvalue weighted by Gasteiger charge is -2.19. The molecule has 10 heterocycles. The van der Waals surface area contributed by atoms with E-state index in [0.717, 1.165) is 266 Å². The molecule has 28 aromatic rings. The molecule has 0 radical (unpaired) electrons. The third kappa shape index (κ3) is 12.8. The molecule has 658 valence electrons. The van der Waals surface area contributed by atoms with Crippen molar-refractivity contribution in [1.82, 2.24) is 47.3 Å². The van der Waals surface area contributed by atoms with Crippen LogP contribution in [0, 0.1) is 22.7 Å². The lowest BCUT2D eigenvalue weighted by atomic mass is 9.96. The highest BCUT2D eigenvalue weighted by molar-refractivity contribution is 6.18. The largest absolute Gasteiger partial charge is 0.308 e. The Kier molecular flexibility index (Phi) is 18.5. The van der Waals surface area contributed by atoms with Crippen LogP contribution < -0.4 is 0 Å². The highest BCUT2D eigenvalue weighted by atomic mass is 15.1. The molecule has 0 aliphatic carbocycles. The van der Waals surface area contributed by atoms with Gasteiger partial charge in [-0.1, -0.05) is 267 Å². The number of nitriles is 2. The van der Waals surface area contributed by atoms with Gasteiger partial charge in [-0.25, -0.2) is 9.97 Å². The number of benzene rings is 18. The van der Waals surface area contributed by atoms with Crippen LogP contribution in [-0.4, -0.2) is 47.3 Å². The van der Waals surface area contributed by atoms with Gasteiger partial charge in [0.25, 0.3) is 0 Å². The van der Waals surface area contributed by atoms with E-state index >= 15 is 0 Å². The summed E-state index contributed by atoms with van der Waals surface area (Å²) in [6, 6.07) is 166. The van der Waals surface area contributed by atoms with Crippen LogP contribution in [0.25, 0.3) is 266 Å². The van der Waals surface area contributed by atoms with Crippen molar-refractivity contribution >= 4 is 131 Å². The van der Waals surface area contributed by atoms with E-state index in [1.807, 2.05) is 43.0 Å². The van der Waals surface area contributed by atoms with Gasteiger partial charge in [0.05, 0.1) is 77.9 Å². The smallest absolute Gasteiger partial charge is 0.147 e. The predicted octanol–water partition coefficient (Wildman–Crippen LogP) is 32.6. The van der Waals surface area contributed by atoms with Crippen LogP contribution in [0.15, 0.2) is 474 Å². The number of hydrogen-bond donors (Lipinski definition) is 0. The first-order valence-electron chi connectivity index (χ1n) is 47.8. The minimum Gasteiger partial charge on any atom is -0.308 e. The van der Waals surface area contributed by atoms with E-state index in [4.69, 9.17) is 19.9 Å². The second-order valence-corrected chi connectivity index (χ2v) is 36.6. The van der Waals surface area contributed by atoms with Crippen molar-refractivity contribution in [3.8, 4) is 146 Å². The molecular formula is C130H78N12. The maximum absolute atomic E-state index is 12.6. The van der Waals surface area contributed by atoms with Gasteiger partial charge in [0.1, 0.15) is 45.6 Å². The van der Waals surface area contributed by atoms with Crippen LogP contribution in [0.3, 0.4) is 0 Å². The van der Waals surface area contributed by atoms with E-state index in [9.17, 15) is 10.5 Å². The topological polar surface area (TPSA) is 129 Å². The number of rotatable bonds is 15.